The fourth-order valence-electron chi connectivity index (χ4n) is 1.27. The molecule has 0 aliphatic carbocycles. The summed E-state index contributed by atoms with van der Waals surface area (Å²) in [6.07, 6.45) is 1.75. The molecule has 1 heterocycles. The van der Waals surface area contributed by atoms with E-state index in [0.717, 1.165) is 5.69 Å². The molecule has 0 bridgehead atoms. The third-order valence-corrected chi connectivity index (χ3v) is 2.00. The Hall–Kier alpha value is -1.16. The molecule has 0 spiro atoms. The predicted molar refractivity (Wildman–Crippen MR) is 61.0 cm³/mol. The van der Waals surface area contributed by atoms with Crippen molar-refractivity contribution in [3.05, 3.63) is 18.0 Å². The first-order chi connectivity index (χ1) is 7.03. The standard InChI is InChI=1S/C11H19N3O/c1-5-15-11(3,4)8-13-10-12-7-6-9(2)14-10/h6-7H,5,8H2,1-4H3,(H,12,13,14). The summed E-state index contributed by atoms with van der Waals surface area (Å²) in [5.41, 5.74) is 0.767. The van der Waals surface area contributed by atoms with E-state index in [4.69, 9.17) is 4.74 Å². The second-order valence-corrected chi connectivity index (χ2v) is 4.07. The van der Waals surface area contributed by atoms with Gasteiger partial charge in [0.05, 0.1) is 5.60 Å². The van der Waals surface area contributed by atoms with Gasteiger partial charge in [0.25, 0.3) is 0 Å². The summed E-state index contributed by atoms with van der Waals surface area (Å²) >= 11 is 0. The van der Waals surface area contributed by atoms with Crippen LogP contribution in [0.5, 0.6) is 0 Å². The van der Waals surface area contributed by atoms with Gasteiger partial charge in [0, 0.05) is 25.0 Å². The molecule has 4 nitrogen and oxygen atoms in total. The van der Waals surface area contributed by atoms with Gasteiger partial charge in [-0.3, -0.25) is 0 Å². The maximum atomic E-state index is 5.56. The van der Waals surface area contributed by atoms with Crippen molar-refractivity contribution in [1.82, 2.24) is 9.97 Å². The van der Waals surface area contributed by atoms with Gasteiger partial charge in [-0.25, -0.2) is 9.97 Å². The van der Waals surface area contributed by atoms with Crippen LogP contribution in [-0.2, 0) is 4.74 Å². The average molecular weight is 209 g/mol. The van der Waals surface area contributed by atoms with Gasteiger partial charge in [-0.1, -0.05) is 0 Å². The second kappa shape index (κ2) is 5.07. The molecule has 0 saturated carbocycles. The van der Waals surface area contributed by atoms with Gasteiger partial charge in [0.1, 0.15) is 0 Å². The van der Waals surface area contributed by atoms with E-state index in [-0.39, 0.29) is 5.60 Å². The normalized spacial score (nSPS) is 11.5. The molecular formula is C11H19N3O. The molecule has 0 amide bonds. The largest absolute Gasteiger partial charge is 0.374 e. The number of hydrogen-bond acceptors (Lipinski definition) is 4. The minimum Gasteiger partial charge on any atom is -0.374 e. The number of aryl methyl sites for hydroxylation is 1. The Morgan fingerprint density at radius 1 is 1.47 bits per heavy atom. The quantitative estimate of drug-likeness (QED) is 0.806. The predicted octanol–water partition coefficient (Wildman–Crippen LogP) is 2.01. The first-order valence-electron chi connectivity index (χ1n) is 5.21. The Kier molecular flexibility index (Phi) is 4.03. The molecule has 0 aliphatic heterocycles. The second-order valence-electron chi connectivity index (χ2n) is 4.07. The number of ether oxygens (including phenoxy) is 1. The highest BCUT2D eigenvalue weighted by molar-refractivity contribution is 5.25. The first-order valence-corrected chi connectivity index (χ1v) is 5.21. The third kappa shape index (κ3) is 4.25. The summed E-state index contributed by atoms with van der Waals surface area (Å²) in [6, 6.07) is 1.87. The van der Waals surface area contributed by atoms with E-state index in [9.17, 15) is 0 Å². The highest BCUT2D eigenvalue weighted by Gasteiger charge is 2.17. The minimum atomic E-state index is -0.193. The van der Waals surface area contributed by atoms with Crippen LogP contribution in [0.4, 0.5) is 5.95 Å². The summed E-state index contributed by atoms with van der Waals surface area (Å²) in [7, 11) is 0. The lowest BCUT2D eigenvalue weighted by Crippen LogP contribution is -2.33. The lowest BCUT2D eigenvalue weighted by atomic mass is 10.1. The van der Waals surface area contributed by atoms with Crippen molar-refractivity contribution in [3.8, 4) is 0 Å². The molecule has 0 radical (unpaired) electrons. The molecule has 1 aromatic rings. The Balaban J connectivity index is 2.49. The van der Waals surface area contributed by atoms with E-state index in [0.29, 0.717) is 19.1 Å². The van der Waals surface area contributed by atoms with Crippen LogP contribution in [0.25, 0.3) is 0 Å². The van der Waals surface area contributed by atoms with Crippen LogP contribution in [0.15, 0.2) is 12.3 Å². The fourth-order valence-corrected chi connectivity index (χ4v) is 1.27. The summed E-state index contributed by atoms with van der Waals surface area (Å²) in [5.74, 6) is 0.655. The molecule has 15 heavy (non-hydrogen) atoms. The Morgan fingerprint density at radius 3 is 2.80 bits per heavy atom. The zero-order valence-electron chi connectivity index (χ0n) is 9.87. The van der Waals surface area contributed by atoms with Crippen molar-refractivity contribution in [2.45, 2.75) is 33.3 Å². The molecule has 0 unspecified atom stereocenters. The van der Waals surface area contributed by atoms with Gasteiger partial charge in [0.15, 0.2) is 0 Å². The number of rotatable bonds is 5. The van der Waals surface area contributed by atoms with Crippen LogP contribution in [-0.4, -0.2) is 28.7 Å². The van der Waals surface area contributed by atoms with Crippen LogP contribution in [0.1, 0.15) is 26.5 Å². The monoisotopic (exact) mass is 209 g/mol. The molecule has 84 valence electrons. The van der Waals surface area contributed by atoms with Crippen LogP contribution >= 0.6 is 0 Å². The SMILES string of the molecule is CCOC(C)(C)CNc1nccc(C)n1. The molecule has 0 aromatic carbocycles. The van der Waals surface area contributed by atoms with E-state index >= 15 is 0 Å². The minimum absolute atomic E-state index is 0.193. The zero-order chi connectivity index (χ0) is 11.3. The van der Waals surface area contributed by atoms with Gasteiger partial charge >= 0.3 is 0 Å². The number of aromatic nitrogens is 2. The molecular weight excluding hydrogens is 190 g/mol. The van der Waals surface area contributed by atoms with Crippen molar-refractivity contribution in [2.75, 3.05) is 18.5 Å². The lowest BCUT2D eigenvalue weighted by molar-refractivity contribution is 0.000579. The van der Waals surface area contributed by atoms with Gasteiger partial charge in [-0.05, 0) is 33.8 Å². The van der Waals surface area contributed by atoms with Crippen molar-refractivity contribution < 1.29 is 4.74 Å². The van der Waals surface area contributed by atoms with E-state index < -0.39 is 0 Å². The fraction of sp³-hybridized carbons (Fsp3) is 0.636. The van der Waals surface area contributed by atoms with Gasteiger partial charge < -0.3 is 10.1 Å². The Bertz CT molecular complexity index is 312. The van der Waals surface area contributed by atoms with Crippen molar-refractivity contribution in [1.29, 1.82) is 0 Å². The molecule has 1 N–H and O–H groups in total. The molecule has 1 rings (SSSR count). The summed E-state index contributed by atoms with van der Waals surface area (Å²) in [5, 5.41) is 3.16. The Morgan fingerprint density at radius 2 is 2.20 bits per heavy atom. The van der Waals surface area contributed by atoms with E-state index in [2.05, 4.69) is 15.3 Å². The highest BCUT2D eigenvalue weighted by Crippen LogP contribution is 2.09. The highest BCUT2D eigenvalue weighted by atomic mass is 16.5. The molecule has 4 heteroatoms. The maximum Gasteiger partial charge on any atom is 0.222 e. The van der Waals surface area contributed by atoms with Crippen molar-refractivity contribution >= 4 is 5.95 Å². The van der Waals surface area contributed by atoms with Crippen molar-refractivity contribution in [2.24, 2.45) is 0 Å². The zero-order valence-corrected chi connectivity index (χ0v) is 9.87. The number of nitrogens with one attached hydrogen (secondary N) is 1. The summed E-state index contributed by atoms with van der Waals surface area (Å²) < 4.78 is 5.56. The first kappa shape index (κ1) is 11.9. The smallest absolute Gasteiger partial charge is 0.222 e. The van der Waals surface area contributed by atoms with E-state index in [1.165, 1.54) is 0 Å². The van der Waals surface area contributed by atoms with Gasteiger partial charge in [-0.15, -0.1) is 0 Å². The van der Waals surface area contributed by atoms with Gasteiger partial charge in [0.2, 0.25) is 5.95 Å². The summed E-state index contributed by atoms with van der Waals surface area (Å²) in [6.45, 7) is 9.43. The molecule has 0 atom stereocenters. The molecule has 0 aliphatic rings. The van der Waals surface area contributed by atoms with E-state index in [1.807, 2.05) is 33.8 Å². The number of hydrogen-bond donors (Lipinski definition) is 1. The van der Waals surface area contributed by atoms with Gasteiger partial charge in [-0.2, -0.15) is 0 Å². The topological polar surface area (TPSA) is 47.0 Å². The van der Waals surface area contributed by atoms with Crippen molar-refractivity contribution in [3.63, 3.8) is 0 Å². The van der Waals surface area contributed by atoms with Crippen LogP contribution in [0.2, 0.25) is 0 Å². The number of nitrogens with zero attached hydrogens (tertiary/aromatic N) is 2. The average Bonchev–Trinajstić information content (AvgIpc) is 2.15. The third-order valence-electron chi connectivity index (χ3n) is 2.00. The maximum absolute atomic E-state index is 5.56. The Labute approximate surface area is 91.1 Å². The van der Waals surface area contributed by atoms with E-state index in [1.54, 1.807) is 6.20 Å². The lowest BCUT2D eigenvalue weighted by Gasteiger charge is -2.24. The van der Waals surface area contributed by atoms with Crippen LogP contribution in [0.3, 0.4) is 0 Å². The molecule has 0 fully saturated rings. The van der Waals surface area contributed by atoms with Crippen LogP contribution in [0, 0.1) is 6.92 Å². The molecule has 1 aromatic heterocycles. The summed E-state index contributed by atoms with van der Waals surface area (Å²) in [4.78, 5) is 8.38. The van der Waals surface area contributed by atoms with Crippen LogP contribution < -0.4 is 5.32 Å². The molecule has 0 saturated heterocycles. The number of anilines is 1.